The first-order chi connectivity index (χ1) is 9.15. The van der Waals surface area contributed by atoms with Crippen molar-refractivity contribution in [2.45, 2.75) is 37.2 Å². The standard InChI is InChI=1S/C14H19F2NOS/c1-19-14(7-4-8-14)10-17-9-11-5-2-3-6-12(11)18-13(15)16/h2-3,5-6,13,17H,4,7-10H2,1H3. The first-order valence-corrected chi connectivity index (χ1v) is 7.66. The number of rotatable bonds is 7. The SMILES string of the molecule is CSC1(CNCc2ccccc2OC(F)F)CCC1. The first kappa shape index (κ1) is 14.6. The van der Waals surface area contributed by atoms with Crippen molar-refractivity contribution in [2.75, 3.05) is 12.8 Å². The predicted molar refractivity (Wildman–Crippen MR) is 74.9 cm³/mol. The second-order valence-corrected chi connectivity index (χ2v) is 6.10. The summed E-state index contributed by atoms with van der Waals surface area (Å²) >= 11 is 1.90. The Hall–Kier alpha value is -0.810. The van der Waals surface area contributed by atoms with E-state index < -0.39 is 6.61 Å². The molecule has 1 aliphatic rings. The molecule has 1 aliphatic carbocycles. The summed E-state index contributed by atoms with van der Waals surface area (Å²) in [5, 5.41) is 3.36. The topological polar surface area (TPSA) is 21.3 Å². The Morgan fingerprint density at radius 3 is 2.68 bits per heavy atom. The van der Waals surface area contributed by atoms with Crippen LogP contribution in [0.25, 0.3) is 0 Å². The van der Waals surface area contributed by atoms with E-state index >= 15 is 0 Å². The summed E-state index contributed by atoms with van der Waals surface area (Å²) in [7, 11) is 0. The molecule has 1 aromatic carbocycles. The summed E-state index contributed by atoms with van der Waals surface area (Å²) in [6.45, 7) is -1.30. The molecule has 0 amide bonds. The van der Waals surface area contributed by atoms with E-state index in [1.54, 1.807) is 12.1 Å². The maximum Gasteiger partial charge on any atom is 0.387 e. The third-order valence-corrected chi connectivity index (χ3v) is 5.07. The number of nitrogens with one attached hydrogen (secondary N) is 1. The molecule has 0 aliphatic heterocycles. The van der Waals surface area contributed by atoms with E-state index in [9.17, 15) is 8.78 Å². The second-order valence-electron chi connectivity index (χ2n) is 4.83. The van der Waals surface area contributed by atoms with E-state index in [4.69, 9.17) is 0 Å². The third kappa shape index (κ3) is 3.83. The lowest BCUT2D eigenvalue weighted by molar-refractivity contribution is -0.0505. The van der Waals surface area contributed by atoms with Gasteiger partial charge in [-0.3, -0.25) is 0 Å². The van der Waals surface area contributed by atoms with E-state index in [-0.39, 0.29) is 5.75 Å². The van der Waals surface area contributed by atoms with Gasteiger partial charge in [0, 0.05) is 23.4 Å². The molecule has 1 aromatic rings. The van der Waals surface area contributed by atoms with Gasteiger partial charge in [-0.1, -0.05) is 24.6 Å². The fourth-order valence-electron chi connectivity index (χ4n) is 2.31. The minimum Gasteiger partial charge on any atom is -0.434 e. The molecule has 106 valence electrons. The van der Waals surface area contributed by atoms with Crippen molar-refractivity contribution < 1.29 is 13.5 Å². The quantitative estimate of drug-likeness (QED) is 0.827. The lowest BCUT2D eigenvalue weighted by Gasteiger charge is -2.40. The van der Waals surface area contributed by atoms with Gasteiger partial charge >= 0.3 is 6.61 Å². The average molecular weight is 287 g/mol. The number of alkyl halides is 2. The second kappa shape index (κ2) is 6.57. The molecule has 0 saturated heterocycles. The lowest BCUT2D eigenvalue weighted by Crippen LogP contribution is -2.43. The van der Waals surface area contributed by atoms with Crippen LogP contribution in [0.3, 0.4) is 0 Å². The van der Waals surface area contributed by atoms with Crippen LogP contribution < -0.4 is 10.1 Å². The van der Waals surface area contributed by atoms with Crippen LogP contribution >= 0.6 is 11.8 Å². The van der Waals surface area contributed by atoms with Gasteiger partial charge in [0.1, 0.15) is 5.75 Å². The van der Waals surface area contributed by atoms with E-state index in [0.717, 1.165) is 12.1 Å². The monoisotopic (exact) mass is 287 g/mol. The van der Waals surface area contributed by atoms with Crippen LogP contribution in [0.4, 0.5) is 8.78 Å². The molecule has 0 aromatic heterocycles. The van der Waals surface area contributed by atoms with Gasteiger partial charge in [0.25, 0.3) is 0 Å². The number of para-hydroxylation sites is 1. The van der Waals surface area contributed by atoms with Gasteiger partial charge in [-0.05, 0) is 25.2 Å². The minimum atomic E-state index is -2.77. The molecular weight excluding hydrogens is 268 g/mol. The molecule has 1 N–H and O–H groups in total. The normalized spacial score (nSPS) is 17.3. The van der Waals surface area contributed by atoms with Crippen LogP contribution in [0.5, 0.6) is 5.75 Å². The molecule has 0 spiro atoms. The molecule has 1 fully saturated rings. The molecule has 0 heterocycles. The van der Waals surface area contributed by atoms with Crippen molar-refractivity contribution >= 4 is 11.8 Å². The summed E-state index contributed by atoms with van der Waals surface area (Å²) in [6.07, 6.45) is 5.88. The van der Waals surface area contributed by atoms with Crippen molar-refractivity contribution in [3.8, 4) is 5.75 Å². The smallest absolute Gasteiger partial charge is 0.387 e. The number of hydrogen-bond donors (Lipinski definition) is 1. The predicted octanol–water partition coefficient (Wildman–Crippen LogP) is 3.66. The highest BCUT2D eigenvalue weighted by atomic mass is 32.2. The van der Waals surface area contributed by atoms with E-state index in [2.05, 4.69) is 16.3 Å². The van der Waals surface area contributed by atoms with Crippen molar-refractivity contribution in [3.05, 3.63) is 29.8 Å². The summed E-state index contributed by atoms with van der Waals surface area (Å²) in [5.74, 6) is 0.261. The molecule has 0 radical (unpaired) electrons. The van der Waals surface area contributed by atoms with Gasteiger partial charge in [-0.2, -0.15) is 20.5 Å². The Balaban J connectivity index is 1.88. The van der Waals surface area contributed by atoms with Gasteiger partial charge in [0.05, 0.1) is 0 Å². The van der Waals surface area contributed by atoms with Crippen LogP contribution in [-0.4, -0.2) is 24.2 Å². The molecule has 0 bridgehead atoms. The minimum absolute atomic E-state index is 0.261. The molecule has 2 nitrogen and oxygen atoms in total. The van der Waals surface area contributed by atoms with Gasteiger partial charge in [0.2, 0.25) is 0 Å². The Morgan fingerprint density at radius 1 is 1.37 bits per heavy atom. The Morgan fingerprint density at radius 2 is 2.11 bits per heavy atom. The van der Waals surface area contributed by atoms with Crippen LogP contribution in [0.1, 0.15) is 24.8 Å². The zero-order valence-electron chi connectivity index (χ0n) is 11.0. The highest BCUT2D eigenvalue weighted by molar-refractivity contribution is 8.00. The largest absolute Gasteiger partial charge is 0.434 e. The van der Waals surface area contributed by atoms with E-state index in [1.807, 2.05) is 23.9 Å². The van der Waals surface area contributed by atoms with E-state index in [1.165, 1.54) is 19.3 Å². The molecule has 19 heavy (non-hydrogen) atoms. The number of hydrogen-bond acceptors (Lipinski definition) is 3. The summed E-state index contributed by atoms with van der Waals surface area (Å²) in [4.78, 5) is 0. The first-order valence-electron chi connectivity index (χ1n) is 6.44. The van der Waals surface area contributed by atoms with Crippen molar-refractivity contribution in [2.24, 2.45) is 0 Å². The summed E-state index contributed by atoms with van der Waals surface area (Å²) < 4.78 is 29.4. The van der Waals surface area contributed by atoms with Crippen molar-refractivity contribution in [3.63, 3.8) is 0 Å². The number of benzene rings is 1. The average Bonchev–Trinajstić information content (AvgIpc) is 2.34. The van der Waals surface area contributed by atoms with Gasteiger partial charge in [0.15, 0.2) is 0 Å². The Kier molecular flexibility index (Phi) is 5.05. The maximum absolute atomic E-state index is 12.3. The fourth-order valence-corrected chi connectivity index (χ4v) is 3.25. The van der Waals surface area contributed by atoms with Crippen LogP contribution in [0.15, 0.2) is 24.3 Å². The Bertz CT molecular complexity index is 405. The van der Waals surface area contributed by atoms with Crippen LogP contribution in [0.2, 0.25) is 0 Å². The highest BCUT2D eigenvalue weighted by Gasteiger charge is 2.35. The van der Waals surface area contributed by atoms with Gasteiger partial charge in [-0.25, -0.2) is 0 Å². The summed E-state index contributed by atoms with van der Waals surface area (Å²) in [5.41, 5.74) is 0.776. The molecular formula is C14H19F2NOS. The van der Waals surface area contributed by atoms with Crippen molar-refractivity contribution in [1.29, 1.82) is 0 Å². The van der Waals surface area contributed by atoms with Crippen LogP contribution in [-0.2, 0) is 6.54 Å². The molecule has 1 saturated carbocycles. The number of thioether (sulfide) groups is 1. The Labute approximate surface area is 116 Å². The van der Waals surface area contributed by atoms with Gasteiger partial charge in [-0.15, -0.1) is 0 Å². The maximum atomic E-state index is 12.3. The fraction of sp³-hybridized carbons (Fsp3) is 0.571. The molecule has 0 atom stereocenters. The lowest BCUT2D eigenvalue weighted by atomic mass is 9.84. The van der Waals surface area contributed by atoms with Gasteiger partial charge < -0.3 is 10.1 Å². The van der Waals surface area contributed by atoms with E-state index in [0.29, 0.717) is 11.3 Å². The summed E-state index contributed by atoms with van der Waals surface area (Å²) in [6, 6.07) is 6.94. The number of halogens is 2. The molecule has 2 rings (SSSR count). The molecule has 0 unspecified atom stereocenters. The zero-order chi connectivity index (χ0) is 13.7. The van der Waals surface area contributed by atoms with Crippen molar-refractivity contribution in [1.82, 2.24) is 5.32 Å². The highest BCUT2D eigenvalue weighted by Crippen LogP contribution is 2.42. The zero-order valence-corrected chi connectivity index (χ0v) is 11.8. The number of ether oxygens (including phenoxy) is 1. The molecule has 5 heteroatoms. The third-order valence-electron chi connectivity index (χ3n) is 3.65. The van der Waals surface area contributed by atoms with Crippen LogP contribution in [0, 0.1) is 0 Å².